The lowest BCUT2D eigenvalue weighted by molar-refractivity contribution is 0.311. The molecule has 0 radical (unpaired) electrons. The molecule has 2 aromatic rings. The van der Waals surface area contributed by atoms with Crippen LogP contribution in [0.25, 0.3) is 10.9 Å². The number of hydrogen-bond acceptors (Lipinski definition) is 2. The van der Waals surface area contributed by atoms with Crippen molar-refractivity contribution in [1.29, 1.82) is 0 Å². The zero-order valence-electron chi connectivity index (χ0n) is 11.9. The van der Waals surface area contributed by atoms with E-state index in [4.69, 9.17) is 0 Å². The van der Waals surface area contributed by atoms with Crippen molar-refractivity contribution in [2.75, 3.05) is 27.2 Å². The van der Waals surface area contributed by atoms with Crippen molar-refractivity contribution in [2.45, 2.75) is 24.8 Å². The molecule has 2 heterocycles. The molecule has 0 amide bonds. The maximum atomic E-state index is 3.57. The molecule has 3 heteroatoms. The van der Waals surface area contributed by atoms with E-state index in [1.807, 2.05) is 0 Å². The number of H-pyrrole nitrogens is 1. The fourth-order valence-electron chi connectivity index (χ4n) is 3.33. The van der Waals surface area contributed by atoms with Gasteiger partial charge in [-0.05, 0) is 51.5 Å². The van der Waals surface area contributed by atoms with Crippen LogP contribution < -0.4 is 5.32 Å². The number of likely N-dealkylation sites (N-methyl/N-ethyl adjacent to an activating group) is 2. The number of hydrogen-bond donors (Lipinski definition) is 2. The third kappa shape index (κ3) is 2.40. The highest BCUT2D eigenvalue weighted by molar-refractivity contribution is 5.83. The Hall–Kier alpha value is -1.32. The highest BCUT2D eigenvalue weighted by atomic mass is 15.2. The molecule has 0 aliphatic carbocycles. The van der Waals surface area contributed by atoms with Crippen LogP contribution in [0.3, 0.4) is 0 Å². The van der Waals surface area contributed by atoms with Gasteiger partial charge in [0.2, 0.25) is 0 Å². The molecule has 1 atom stereocenters. The summed E-state index contributed by atoms with van der Waals surface area (Å²) in [5, 5.41) is 4.94. The van der Waals surface area contributed by atoms with Gasteiger partial charge in [-0.25, -0.2) is 0 Å². The molecule has 1 aromatic carbocycles. The maximum Gasteiger partial charge on any atom is 0.0456 e. The van der Waals surface area contributed by atoms with Gasteiger partial charge >= 0.3 is 0 Å². The molecule has 0 bridgehead atoms. The SMILES string of the molecule is CNC1(CCc2c[nH]c3ccccc23)CCN(C)C1. The molecule has 1 unspecified atom stereocenters. The monoisotopic (exact) mass is 257 g/mol. The molecule has 19 heavy (non-hydrogen) atoms. The number of rotatable bonds is 4. The summed E-state index contributed by atoms with van der Waals surface area (Å²) in [5.41, 5.74) is 2.99. The second-order valence-electron chi connectivity index (χ2n) is 5.88. The molecule has 102 valence electrons. The fraction of sp³-hybridized carbons (Fsp3) is 0.500. The van der Waals surface area contributed by atoms with Crippen LogP contribution in [-0.4, -0.2) is 42.6 Å². The van der Waals surface area contributed by atoms with Crippen LogP contribution in [0.5, 0.6) is 0 Å². The van der Waals surface area contributed by atoms with Crippen molar-refractivity contribution < 1.29 is 0 Å². The van der Waals surface area contributed by atoms with Crippen LogP contribution >= 0.6 is 0 Å². The lowest BCUT2D eigenvalue weighted by Gasteiger charge is -2.28. The van der Waals surface area contributed by atoms with Crippen molar-refractivity contribution >= 4 is 10.9 Å². The van der Waals surface area contributed by atoms with Crippen LogP contribution in [0.2, 0.25) is 0 Å². The van der Waals surface area contributed by atoms with E-state index in [0.717, 1.165) is 13.0 Å². The lowest BCUT2D eigenvalue weighted by Crippen LogP contribution is -2.45. The smallest absolute Gasteiger partial charge is 0.0456 e. The third-order valence-electron chi connectivity index (χ3n) is 4.62. The van der Waals surface area contributed by atoms with E-state index in [1.165, 1.54) is 35.9 Å². The summed E-state index contributed by atoms with van der Waals surface area (Å²) in [6.45, 7) is 2.36. The Morgan fingerprint density at radius 2 is 2.21 bits per heavy atom. The van der Waals surface area contributed by atoms with Crippen molar-refractivity contribution in [1.82, 2.24) is 15.2 Å². The lowest BCUT2D eigenvalue weighted by atomic mass is 9.90. The van der Waals surface area contributed by atoms with Crippen molar-refractivity contribution in [3.05, 3.63) is 36.0 Å². The number of benzene rings is 1. The van der Waals surface area contributed by atoms with Crippen molar-refractivity contribution in [3.63, 3.8) is 0 Å². The Labute approximate surface area is 115 Å². The third-order valence-corrected chi connectivity index (χ3v) is 4.62. The Bertz CT molecular complexity index is 560. The van der Waals surface area contributed by atoms with Gasteiger partial charge < -0.3 is 15.2 Å². The summed E-state index contributed by atoms with van der Waals surface area (Å²) in [6.07, 6.45) is 5.77. The summed E-state index contributed by atoms with van der Waals surface area (Å²) in [4.78, 5) is 5.79. The van der Waals surface area contributed by atoms with Gasteiger partial charge in [0, 0.05) is 29.2 Å². The van der Waals surface area contributed by atoms with E-state index in [1.54, 1.807) is 0 Å². The van der Waals surface area contributed by atoms with E-state index < -0.39 is 0 Å². The van der Waals surface area contributed by atoms with E-state index in [9.17, 15) is 0 Å². The standard InChI is InChI=1S/C16H23N3/c1-17-16(9-10-19(2)12-16)8-7-13-11-18-15-6-4-3-5-14(13)15/h3-6,11,17-18H,7-10,12H2,1-2H3. The van der Waals surface area contributed by atoms with Gasteiger partial charge in [-0.15, -0.1) is 0 Å². The van der Waals surface area contributed by atoms with Crippen LogP contribution in [0, 0.1) is 0 Å². The molecule has 0 spiro atoms. The van der Waals surface area contributed by atoms with Gasteiger partial charge in [0.1, 0.15) is 0 Å². The minimum Gasteiger partial charge on any atom is -0.361 e. The number of fused-ring (bicyclic) bond motifs is 1. The molecular weight excluding hydrogens is 234 g/mol. The Balaban J connectivity index is 1.75. The first-order chi connectivity index (χ1) is 9.22. The highest BCUT2D eigenvalue weighted by Crippen LogP contribution is 2.27. The first kappa shape index (κ1) is 12.7. The first-order valence-electron chi connectivity index (χ1n) is 7.15. The Morgan fingerprint density at radius 3 is 2.95 bits per heavy atom. The Morgan fingerprint density at radius 1 is 1.37 bits per heavy atom. The minimum atomic E-state index is 0.299. The zero-order chi connectivity index (χ0) is 13.3. The number of para-hydroxylation sites is 1. The van der Waals surface area contributed by atoms with E-state index in [0.29, 0.717) is 5.54 Å². The molecule has 2 N–H and O–H groups in total. The van der Waals surface area contributed by atoms with Gasteiger partial charge in [-0.2, -0.15) is 0 Å². The average molecular weight is 257 g/mol. The second-order valence-corrected chi connectivity index (χ2v) is 5.88. The maximum absolute atomic E-state index is 3.57. The molecule has 1 fully saturated rings. The van der Waals surface area contributed by atoms with E-state index >= 15 is 0 Å². The number of nitrogens with one attached hydrogen (secondary N) is 2. The number of nitrogens with zero attached hydrogens (tertiary/aromatic N) is 1. The molecular formula is C16H23N3. The summed E-state index contributed by atoms with van der Waals surface area (Å²) in [6, 6.07) is 8.57. The molecule has 1 aromatic heterocycles. The van der Waals surface area contributed by atoms with Crippen molar-refractivity contribution in [2.24, 2.45) is 0 Å². The van der Waals surface area contributed by atoms with Crippen molar-refractivity contribution in [3.8, 4) is 0 Å². The second kappa shape index (κ2) is 4.99. The number of likely N-dealkylation sites (tertiary alicyclic amines) is 1. The number of aryl methyl sites for hydroxylation is 1. The molecule has 1 aliphatic heterocycles. The fourth-order valence-corrected chi connectivity index (χ4v) is 3.33. The van der Waals surface area contributed by atoms with Gasteiger partial charge in [0.05, 0.1) is 0 Å². The average Bonchev–Trinajstić information content (AvgIpc) is 3.01. The molecule has 3 rings (SSSR count). The zero-order valence-corrected chi connectivity index (χ0v) is 11.9. The minimum absolute atomic E-state index is 0.299. The van der Waals surface area contributed by atoms with Crippen LogP contribution in [0.1, 0.15) is 18.4 Å². The van der Waals surface area contributed by atoms with Gasteiger partial charge in [0.25, 0.3) is 0 Å². The predicted molar refractivity (Wildman–Crippen MR) is 80.5 cm³/mol. The summed E-state index contributed by atoms with van der Waals surface area (Å²) < 4.78 is 0. The van der Waals surface area contributed by atoms with Gasteiger partial charge in [0.15, 0.2) is 0 Å². The largest absolute Gasteiger partial charge is 0.361 e. The predicted octanol–water partition coefficient (Wildman–Crippen LogP) is 2.39. The highest BCUT2D eigenvalue weighted by Gasteiger charge is 2.34. The molecule has 1 aliphatic rings. The van der Waals surface area contributed by atoms with Crippen LogP contribution in [0.4, 0.5) is 0 Å². The van der Waals surface area contributed by atoms with Gasteiger partial charge in [-0.1, -0.05) is 18.2 Å². The van der Waals surface area contributed by atoms with E-state index in [2.05, 4.69) is 59.8 Å². The van der Waals surface area contributed by atoms with E-state index in [-0.39, 0.29) is 0 Å². The van der Waals surface area contributed by atoms with Crippen LogP contribution in [-0.2, 0) is 6.42 Å². The number of aromatic amines is 1. The normalized spacial score (nSPS) is 24.3. The topological polar surface area (TPSA) is 31.1 Å². The van der Waals surface area contributed by atoms with Crippen LogP contribution in [0.15, 0.2) is 30.5 Å². The quantitative estimate of drug-likeness (QED) is 0.881. The number of aromatic nitrogens is 1. The molecule has 3 nitrogen and oxygen atoms in total. The molecule has 1 saturated heterocycles. The Kier molecular flexibility index (Phi) is 3.33. The first-order valence-corrected chi connectivity index (χ1v) is 7.15. The summed E-state index contributed by atoms with van der Waals surface area (Å²) in [5.74, 6) is 0. The summed E-state index contributed by atoms with van der Waals surface area (Å²) >= 11 is 0. The summed E-state index contributed by atoms with van der Waals surface area (Å²) in [7, 11) is 4.32. The molecule has 0 saturated carbocycles. The van der Waals surface area contributed by atoms with Gasteiger partial charge in [-0.3, -0.25) is 0 Å².